The normalized spacial score (nSPS) is 16.0. The smallest absolute Gasteiger partial charge is 0.170 e. The fraction of sp³-hybridized carbons (Fsp3) is 0.280. The van der Waals surface area contributed by atoms with Gasteiger partial charge in [0.25, 0.3) is 0 Å². The van der Waals surface area contributed by atoms with E-state index in [1.807, 2.05) is 51.1 Å². The average Bonchev–Trinajstić information content (AvgIpc) is 2.96. The summed E-state index contributed by atoms with van der Waals surface area (Å²) in [6.45, 7) is 10.0. The number of nitrogens with zero attached hydrogens (tertiary/aromatic N) is 1. The average molecular weight is 371 g/mol. The number of Topliss-reactive ketones (excluding diaryl/α,β-unsaturated/α-hetero) is 1. The van der Waals surface area contributed by atoms with Crippen molar-refractivity contribution < 1.29 is 9.53 Å². The van der Waals surface area contributed by atoms with Crippen molar-refractivity contribution in [3.63, 3.8) is 0 Å². The Bertz CT molecular complexity index is 967. The van der Waals surface area contributed by atoms with Gasteiger partial charge in [-0.15, -0.1) is 5.92 Å². The summed E-state index contributed by atoms with van der Waals surface area (Å²) in [5.74, 6) is 6.77. The molecule has 1 unspecified atom stereocenters. The first kappa shape index (κ1) is 19.6. The Kier molecular flexibility index (Phi) is 6.11. The first-order valence-electron chi connectivity index (χ1n) is 9.50. The molecule has 0 saturated heterocycles. The summed E-state index contributed by atoms with van der Waals surface area (Å²) in [6, 6.07) is 9.87. The van der Waals surface area contributed by atoms with Gasteiger partial charge in [0.2, 0.25) is 0 Å². The van der Waals surface area contributed by atoms with Crippen LogP contribution in [0, 0.1) is 31.6 Å². The molecular formula is C25H25NO2. The maximum atomic E-state index is 13.4. The number of ketones is 1. The first-order chi connectivity index (χ1) is 13.5. The molecule has 0 fully saturated rings. The second-order valence-electron chi connectivity index (χ2n) is 7.05. The molecule has 0 bridgehead atoms. The van der Waals surface area contributed by atoms with E-state index in [0.717, 1.165) is 33.7 Å². The van der Waals surface area contributed by atoms with Crippen LogP contribution in [0.4, 0.5) is 0 Å². The maximum Gasteiger partial charge on any atom is 0.170 e. The van der Waals surface area contributed by atoms with Crippen molar-refractivity contribution in [1.82, 2.24) is 4.98 Å². The second kappa shape index (κ2) is 8.71. The van der Waals surface area contributed by atoms with Crippen LogP contribution in [0.25, 0.3) is 5.57 Å². The predicted molar refractivity (Wildman–Crippen MR) is 113 cm³/mol. The minimum absolute atomic E-state index is 0.130. The summed E-state index contributed by atoms with van der Waals surface area (Å²) < 4.78 is 5.94. The van der Waals surface area contributed by atoms with E-state index in [9.17, 15) is 4.79 Å². The zero-order valence-electron chi connectivity index (χ0n) is 16.7. The number of aryl methyl sites for hydroxylation is 2. The standard InChI is InChI=1S/C25H25NO2/c1-5-9-19-13-17(3)23(18(4)14-19)24-22(28-12-6-2)16-20(25(24)27)15-21-10-7-8-11-26-21/h6-8,10-11,13-14,20H,2,12,15-16H2,1,3-4H3. The van der Waals surface area contributed by atoms with Crippen molar-refractivity contribution in [2.45, 2.75) is 33.6 Å². The highest BCUT2D eigenvalue weighted by molar-refractivity contribution is 6.25. The Morgan fingerprint density at radius 2 is 2.04 bits per heavy atom. The lowest BCUT2D eigenvalue weighted by atomic mass is 9.89. The number of benzene rings is 1. The number of allylic oxidation sites excluding steroid dienone is 2. The number of rotatable bonds is 6. The molecule has 1 atom stereocenters. The molecule has 0 radical (unpaired) electrons. The lowest BCUT2D eigenvalue weighted by Crippen LogP contribution is -2.14. The Labute approximate surface area is 167 Å². The molecule has 0 amide bonds. The molecule has 1 heterocycles. The van der Waals surface area contributed by atoms with E-state index in [1.54, 1.807) is 12.3 Å². The largest absolute Gasteiger partial charge is 0.493 e. The molecule has 3 rings (SSSR count). The summed E-state index contributed by atoms with van der Waals surface area (Å²) in [5.41, 5.74) is 5.64. The number of pyridine rings is 1. The lowest BCUT2D eigenvalue weighted by Gasteiger charge is -2.14. The first-order valence-corrected chi connectivity index (χ1v) is 9.50. The van der Waals surface area contributed by atoms with E-state index in [-0.39, 0.29) is 11.7 Å². The van der Waals surface area contributed by atoms with Crippen molar-refractivity contribution in [3.8, 4) is 11.8 Å². The molecular weight excluding hydrogens is 346 g/mol. The van der Waals surface area contributed by atoms with Gasteiger partial charge in [-0.2, -0.15) is 0 Å². The van der Waals surface area contributed by atoms with Crippen LogP contribution in [0.3, 0.4) is 0 Å². The van der Waals surface area contributed by atoms with Crippen LogP contribution in [0.2, 0.25) is 0 Å². The molecule has 3 heteroatoms. The van der Waals surface area contributed by atoms with E-state index in [1.165, 1.54) is 0 Å². The quantitative estimate of drug-likeness (QED) is 0.540. The Balaban J connectivity index is 2.01. The van der Waals surface area contributed by atoms with Crippen molar-refractivity contribution in [1.29, 1.82) is 0 Å². The molecule has 0 aliphatic heterocycles. The summed E-state index contributed by atoms with van der Waals surface area (Å²) in [7, 11) is 0. The van der Waals surface area contributed by atoms with Crippen LogP contribution in [-0.4, -0.2) is 17.4 Å². The van der Waals surface area contributed by atoms with E-state index in [0.29, 0.717) is 25.0 Å². The molecule has 0 saturated carbocycles. The topological polar surface area (TPSA) is 39.2 Å². The van der Waals surface area contributed by atoms with E-state index in [4.69, 9.17) is 4.74 Å². The summed E-state index contributed by atoms with van der Waals surface area (Å²) in [4.78, 5) is 17.8. The molecule has 3 nitrogen and oxygen atoms in total. The Hall–Kier alpha value is -3.12. The zero-order valence-corrected chi connectivity index (χ0v) is 16.7. The number of carbonyl (C=O) groups excluding carboxylic acids is 1. The highest BCUT2D eigenvalue weighted by Crippen LogP contribution is 2.39. The van der Waals surface area contributed by atoms with Gasteiger partial charge >= 0.3 is 0 Å². The van der Waals surface area contributed by atoms with Crippen LogP contribution in [0.15, 0.2) is 54.9 Å². The van der Waals surface area contributed by atoms with Gasteiger partial charge in [0, 0.05) is 36.2 Å². The lowest BCUT2D eigenvalue weighted by molar-refractivity contribution is -0.116. The molecule has 1 aliphatic rings. The van der Waals surface area contributed by atoms with Gasteiger partial charge in [0.15, 0.2) is 5.78 Å². The van der Waals surface area contributed by atoms with Gasteiger partial charge in [-0.3, -0.25) is 9.78 Å². The van der Waals surface area contributed by atoms with Gasteiger partial charge in [0.1, 0.15) is 12.4 Å². The van der Waals surface area contributed by atoms with Crippen molar-refractivity contribution in [3.05, 3.63) is 82.9 Å². The minimum Gasteiger partial charge on any atom is -0.493 e. The third-order valence-electron chi connectivity index (χ3n) is 4.94. The van der Waals surface area contributed by atoms with Crippen molar-refractivity contribution in [2.24, 2.45) is 5.92 Å². The van der Waals surface area contributed by atoms with E-state index < -0.39 is 0 Å². The van der Waals surface area contributed by atoms with Gasteiger partial charge in [-0.1, -0.05) is 24.6 Å². The molecule has 1 aromatic carbocycles. The number of hydrogen-bond acceptors (Lipinski definition) is 3. The zero-order chi connectivity index (χ0) is 20.1. The van der Waals surface area contributed by atoms with Crippen LogP contribution in [-0.2, 0) is 16.0 Å². The van der Waals surface area contributed by atoms with Crippen LogP contribution in [0.1, 0.15) is 41.3 Å². The molecule has 0 N–H and O–H groups in total. The highest BCUT2D eigenvalue weighted by atomic mass is 16.5. The monoisotopic (exact) mass is 371 g/mol. The minimum atomic E-state index is -0.154. The summed E-state index contributed by atoms with van der Waals surface area (Å²) >= 11 is 0. The fourth-order valence-electron chi connectivity index (χ4n) is 3.82. The van der Waals surface area contributed by atoms with E-state index in [2.05, 4.69) is 23.4 Å². The van der Waals surface area contributed by atoms with Crippen molar-refractivity contribution >= 4 is 11.4 Å². The number of carbonyl (C=O) groups is 1. The molecule has 28 heavy (non-hydrogen) atoms. The summed E-state index contributed by atoms with van der Waals surface area (Å²) in [6.07, 6.45) is 4.68. The van der Waals surface area contributed by atoms with Gasteiger partial charge in [-0.05, 0) is 61.7 Å². The third-order valence-corrected chi connectivity index (χ3v) is 4.94. The van der Waals surface area contributed by atoms with Crippen LogP contribution >= 0.6 is 0 Å². The van der Waals surface area contributed by atoms with Gasteiger partial charge in [-0.25, -0.2) is 0 Å². The fourth-order valence-corrected chi connectivity index (χ4v) is 3.82. The predicted octanol–water partition coefficient (Wildman–Crippen LogP) is 4.82. The molecule has 1 aliphatic carbocycles. The Morgan fingerprint density at radius 3 is 2.64 bits per heavy atom. The number of aromatic nitrogens is 1. The SMILES string of the molecule is C=CCOC1=C(c2c(C)cc(C#CC)cc2C)C(=O)C(Cc2ccccn2)C1. The van der Waals surface area contributed by atoms with Crippen LogP contribution < -0.4 is 0 Å². The maximum absolute atomic E-state index is 13.4. The molecule has 142 valence electrons. The second-order valence-corrected chi connectivity index (χ2v) is 7.05. The Morgan fingerprint density at radius 1 is 1.29 bits per heavy atom. The molecule has 2 aromatic rings. The molecule has 0 spiro atoms. The van der Waals surface area contributed by atoms with Crippen molar-refractivity contribution in [2.75, 3.05) is 6.61 Å². The highest BCUT2D eigenvalue weighted by Gasteiger charge is 2.36. The molecule has 1 aromatic heterocycles. The van der Waals surface area contributed by atoms with Gasteiger partial charge < -0.3 is 4.74 Å². The van der Waals surface area contributed by atoms with E-state index >= 15 is 0 Å². The van der Waals surface area contributed by atoms with Crippen LogP contribution in [0.5, 0.6) is 0 Å². The summed E-state index contributed by atoms with van der Waals surface area (Å²) in [5, 5.41) is 0. The number of ether oxygens (including phenoxy) is 1. The number of hydrogen-bond donors (Lipinski definition) is 0. The third kappa shape index (κ3) is 4.07. The van der Waals surface area contributed by atoms with Gasteiger partial charge in [0.05, 0.1) is 5.57 Å².